The normalized spacial score (nSPS) is 25.2. The molecule has 2 saturated heterocycles. The van der Waals surface area contributed by atoms with Gasteiger partial charge in [-0.3, -0.25) is 19.7 Å². The fraction of sp³-hybridized carbons (Fsp3) is 0.250. The van der Waals surface area contributed by atoms with Crippen LogP contribution in [0.1, 0.15) is 29.7 Å². The molecule has 3 aromatic carbocycles. The van der Waals surface area contributed by atoms with Crippen LogP contribution in [0.25, 0.3) is 0 Å². The highest BCUT2D eigenvalue weighted by Gasteiger charge is 2.68. The minimum Gasteiger partial charge on any atom is -0.508 e. The Morgan fingerprint density at radius 2 is 1.56 bits per heavy atom. The number of phenols is 2. The number of carbonyl (C=O) groups is 3. The molecule has 4 atom stereocenters. The van der Waals surface area contributed by atoms with Gasteiger partial charge in [0.2, 0.25) is 11.8 Å². The molecule has 2 aliphatic heterocycles. The first-order valence-corrected chi connectivity index (χ1v) is 11.8. The highest BCUT2D eigenvalue weighted by molar-refractivity contribution is 6.24. The standard InChI is InChI=1S/C28H26N2O6/c1-2-16-7-11-18(12-8-16)30-25(33)22-23(26(30)34)28(27(35)36,15-17-9-13-19(31)14-10-17)29-24(22)20-5-3-4-6-21(20)32/h3-14,22-24,29,31-32H,2,15H2,1H3,(H,35,36). The number of aryl methyl sites for hydroxylation is 1. The summed E-state index contributed by atoms with van der Waals surface area (Å²) < 4.78 is 0. The first-order chi connectivity index (χ1) is 17.3. The maximum atomic E-state index is 13.9. The van der Waals surface area contributed by atoms with Crippen molar-refractivity contribution in [3.63, 3.8) is 0 Å². The fourth-order valence-corrected chi connectivity index (χ4v) is 5.53. The molecule has 0 radical (unpaired) electrons. The van der Waals surface area contributed by atoms with Crippen LogP contribution in [0.4, 0.5) is 5.69 Å². The number of fused-ring (bicyclic) bond motifs is 1. The molecular formula is C28H26N2O6. The highest BCUT2D eigenvalue weighted by atomic mass is 16.4. The van der Waals surface area contributed by atoms with E-state index < -0.39 is 41.2 Å². The average molecular weight is 487 g/mol. The zero-order chi connectivity index (χ0) is 25.6. The number of nitrogens with zero attached hydrogens (tertiary/aromatic N) is 1. The largest absolute Gasteiger partial charge is 0.508 e. The molecule has 0 spiro atoms. The zero-order valence-corrected chi connectivity index (χ0v) is 19.6. The van der Waals surface area contributed by atoms with E-state index in [4.69, 9.17) is 0 Å². The molecule has 4 N–H and O–H groups in total. The van der Waals surface area contributed by atoms with Crippen molar-refractivity contribution in [1.29, 1.82) is 0 Å². The van der Waals surface area contributed by atoms with Gasteiger partial charge in [0.15, 0.2) is 0 Å². The molecule has 2 aliphatic rings. The molecular weight excluding hydrogens is 460 g/mol. The summed E-state index contributed by atoms with van der Waals surface area (Å²) in [4.78, 5) is 41.7. The van der Waals surface area contributed by atoms with Gasteiger partial charge in [-0.05, 0) is 47.9 Å². The number of hydrogen-bond donors (Lipinski definition) is 4. The van der Waals surface area contributed by atoms with Gasteiger partial charge in [-0.2, -0.15) is 0 Å². The van der Waals surface area contributed by atoms with E-state index in [1.54, 1.807) is 42.5 Å². The quantitative estimate of drug-likeness (QED) is 0.394. The number of benzene rings is 3. The predicted molar refractivity (Wildman–Crippen MR) is 131 cm³/mol. The average Bonchev–Trinajstić information content (AvgIpc) is 3.35. The third kappa shape index (κ3) is 3.61. The third-order valence-corrected chi connectivity index (χ3v) is 7.33. The summed E-state index contributed by atoms with van der Waals surface area (Å²) in [6.45, 7) is 2.00. The number of carbonyl (C=O) groups excluding carboxylic acids is 2. The number of hydrogen-bond acceptors (Lipinski definition) is 6. The number of aliphatic carboxylic acids is 1. The summed E-state index contributed by atoms with van der Waals surface area (Å²) in [5.74, 6) is -4.69. The number of carboxylic acid groups (broad SMARTS) is 1. The Labute approximate surface area is 207 Å². The van der Waals surface area contributed by atoms with Crippen molar-refractivity contribution in [2.24, 2.45) is 11.8 Å². The lowest BCUT2D eigenvalue weighted by molar-refractivity contribution is -0.148. The molecule has 2 fully saturated rings. The maximum Gasteiger partial charge on any atom is 0.325 e. The summed E-state index contributed by atoms with van der Waals surface area (Å²) in [6.07, 6.45) is 0.691. The van der Waals surface area contributed by atoms with E-state index in [1.807, 2.05) is 19.1 Å². The lowest BCUT2D eigenvalue weighted by Crippen LogP contribution is -2.57. The number of carboxylic acids is 1. The number of amides is 2. The number of anilines is 1. The van der Waals surface area contributed by atoms with Crippen molar-refractivity contribution in [1.82, 2.24) is 5.32 Å². The van der Waals surface area contributed by atoms with Crippen LogP contribution in [0.3, 0.4) is 0 Å². The zero-order valence-electron chi connectivity index (χ0n) is 19.6. The molecule has 36 heavy (non-hydrogen) atoms. The second-order valence-corrected chi connectivity index (χ2v) is 9.34. The molecule has 184 valence electrons. The number of para-hydroxylation sites is 1. The van der Waals surface area contributed by atoms with Crippen molar-refractivity contribution < 1.29 is 29.7 Å². The first-order valence-electron chi connectivity index (χ1n) is 11.8. The van der Waals surface area contributed by atoms with Gasteiger partial charge in [-0.25, -0.2) is 4.90 Å². The molecule has 2 heterocycles. The smallest absolute Gasteiger partial charge is 0.325 e. The Kier molecular flexibility index (Phi) is 5.76. The number of aromatic hydroxyl groups is 2. The van der Waals surface area contributed by atoms with Crippen LogP contribution in [0.2, 0.25) is 0 Å². The molecule has 4 unspecified atom stereocenters. The van der Waals surface area contributed by atoms with Crippen LogP contribution >= 0.6 is 0 Å². The van der Waals surface area contributed by atoms with Gasteiger partial charge in [0.25, 0.3) is 0 Å². The van der Waals surface area contributed by atoms with E-state index in [0.717, 1.165) is 16.9 Å². The number of imide groups is 1. The SMILES string of the molecule is CCc1ccc(N2C(=O)C3C(c4ccccc4O)NC(Cc4ccc(O)cc4)(C(=O)O)C3C2=O)cc1. The van der Waals surface area contributed by atoms with E-state index in [0.29, 0.717) is 16.8 Å². The van der Waals surface area contributed by atoms with Crippen molar-refractivity contribution in [2.75, 3.05) is 4.90 Å². The van der Waals surface area contributed by atoms with E-state index in [-0.39, 0.29) is 17.9 Å². The van der Waals surface area contributed by atoms with E-state index in [2.05, 4.69) is 5.32 Å². The summed E-state index contributed by atoms with van der Waals surface area (Å²) >= 11 is 0. The fourth-order valence-electron chi connectivity index (χ4n) is 5.53. The van der Waals surface area contributed by atoms with Crippen LogP contribution < -0.4 is 10.2 Å². The van der Waals surface area contributed by atoms with Crippen molar-refractivity contribution in [2.45, 2.75) is 31.3 Å². The maximum absolute atomic E-state index is 13.9. The number of rotatable bonds is 6. The minimum absolute atomic E-state index is 0.0290. The second kappa shape index (κ2) is 8.80. The Balaban J connectivity index is 1.65. The van der Waals surface area contributed by atoms with Crippen LogP contribution in [-0.4, -0.2) is 38.6 Å². The molecule has 3 aromatic rings. The van der Waals surface area contributed by atoms with Gasteiger partial charge >= 0.3 is 5.97 Å². The Bertz CT molecular complexity index is 1340. The second-order valence-electron chi connectivity index (χ2n) is 9.34. The van der Waals surface area contributed by atoms with E-state index >= 15 is 0 Å². The topological polar surface area (TPSA) is 127 Å². The third-order valence-electron chi connectivity index (χ3n) is 7.33. The van der Waals surface area contributed by atoms with Gasteiger partial charge < -0.3 is 15.3 Å². The Morgan fingerprint density at radius 3 is 2.17 bits per heavy atom. The Hall–Kier alpha value is -4.17. The van der Waals surface area contributed by atoms with Gasteiger partial charge in [0.1, 0.15) is 17.0 Å². The molecule has 0 bridgehead atoms. The molecule has 8 heteroatoms. The molecule has 0 aromatic heterocycles. The lowest BCUT2D eigenvalue weighted by Gasteiger charge is -2.31. The van der Waals surface area contributed by atoms with Crippen molar-refractivity contribution >= 4 is 23.5 Å². The molecule has 8 nitrogen and oxygen atoms in total. The van der Waals surface area contributed by atoms with Crippen LogP contribution in [-0.2, 0) is 27.2 Å². The number of phenolic OH excluding ortho intramolecular Hbond substituents is 2. The van der Waals surface area contributed by atoms with Gasteiger partial charge in [-0.15, -0.1) is 0 Å². The minimum atomic E-state index is -1.82. The van der Waals surface area contributed by atoms with Crippen LogP contribution in [0, 0.1) is 11.8 Å². The number of nitrogens with one attached hydrogen (secondary N) is 1. The Morgan fingerprint density at radius 1 is 0.917 bits per heavy atom. The molecule has 5 rings (SSSR count). The lowest BCUT2D eigenvalue weighted by atomic mass is 9.76. The van der Waals surface area contributed by atoms with Crippen molar-refractivity contribution in [3.05, 3.63) is 89.5 Å². The molecule has 0 saturated carbocycles. The predicted octanol–water partition coefficient (Wildman–Crippen LogP) is 3.18. The van der Waals surface area contributed by atoms with Crippen LogP contribution in [0.15, 0.2) is 72.8 Å². The summed E-state index contributed by atoms with van der Waals surface area (Å²) in [7, 11) is 0. The van der Waals surface area contributed by atoms with E-state index in [1.165, 1.54) is 18.2 Å². The summed E-state index contributed by atoms with van der Waals surface area (Å²) in [6, 6.07) is 18.6. The van der Waals surface area contributed by atoms with E-state index in [9.17, 15) is 29.7 Å². The molecule has 0 aliphatic carbocycles. The molecule has 2 amide bonds. The first kappa shape index (κ1) is 23.6. The van der Waals surface area contributed by atoms with Gasteiger partial charge in [0.05, 0.1) is 17.5 Å². The van der Waals surface area contributed by atoms with Gasteiger partial charge in [-0.1, -0.05) is 49.4 Å². The summed E-state index contributed by atoms with van der Waals surface area (Å²) in [5.41, 5.74) is 0.533. The van der Waals surface area contributed by atoms with Crippen molar-refractivity contribution in [3.8, 4) is 11.5 Å². The monoisotopic (exact) mass is 486 g/mol. The summed E-state index contributed by atoms with van der Waals surface area (Å²) in [5, 5.41) is 33.9. The highest BCUT2D eigenvalue weighted by Crippen LogP contribution is 2.52. The van der Waals surface area contributed by atoms with Crippen LogP contribution in [0.5, 0.6) is 11.5 Å². The van der Waals surface area contributed by atoms with Gasteiger partial charge in [0, 0.05) is 18.0 Å².